The summed E-state index contributed by atoms with van der Waals surface area (Å²) in [7, 11) is 0. The van der Waals surface area contributed by atoms with Crippen LogP contribution in [0.2, 0.25) is 0 Å². The molecule has 0 bridgehead atoms. The molecule has 3 N–H and O–H groups in total. The minimum absolute atomic E-state index is 0.213. The molecule has 2 rings (SSSR count). The van der Waals surface area contributed by atoms with Crippen LogP contribution in [0.25, 0.3) is 0 Å². The molecule has 1 amide bonds. The molecule has 0 saturated heterocycles. The van der Waals surface area contributed by atoms with Crippen molar-refractivity contribution in [3.8, 4) is 0 Å². The molecule has 0 fully saturated rings. The highest BCUT2D eigenvalue weighted by Gasteiger charge is 2.08. The van der Waals surface area contributed by atoms with Gasteiger partial charge in [-0.3, -0.25) is 4.79 Å². The first-order valence-corrected chi connectivity index (χ1v) is 6.23. The number of aromatic nitrogens is 1. The lowest BCUT2D eigenvalue weighted by Crippen LogP contribution is -2.12. The third-order valence-corrected chi connectivity index (χ3v) is 3.04. The number of rotatable bonds is 3. The molecule has 0 aliphatic heterocycles. The highest BCUT2D eigenvalue weighted by Crippen LogP contribution is 2.19. The zero-order valence-corrected chi connectivity index (χ0v) is 10.3. The van der Waals surface area contributed by atoms with Gasteiger partial charge < -0.3 is 11.1 Å². The molecule has 88 valence electrons. The van der Waals surface area contributed by atoms with Crippen LogP contribution in [0.15, 0.2) is 29.1 Å². The minimum Gasteiger partial charge on any atom is -0.398 e. The summed E-state index contributed by atoms with van der Waals surface area (Å²) in [5, 5.41) is 4.47. The standard InChI is InChI=1S/C12H13N3OS/c1-2-8-3-4-9(5-10(8)13)15-12(16)11-6-17-7-14-11/h3-7H,2,13H2,1H3,(H,15,16). The van der Waals surface area contributed by atoms with Gasteiger partial charge in [0.1, 0.15) is 5.69 Å². The van der Waals surface area contributed by atoms with E-state index in [1.807, 2.05) is 19.1 Å². The molecule has 0 radical (unpaired) electrons. The number of benzene rings is 1. The van der Waals surface area contributed by atoms with Crippen molar-refractivity contribution < 1.29 is 4.79 Å². The molecule has 2 aromatic rings. The third-order valence-electron chi connectivity index (χ3n) is 2.45. The van der Waals surface area contributed by atoms with Crippen molar-refractivity contribution in [1.29, 1.82) is 0 Å². The zero-order chi connectivity index (χ0) is 12.3. The average Bonchev–Trinajstić information content (AvgIpc) is 2.82. The number of carbonyl (C=O) groups is 1. The molecule has 0 aliphatic carbocycles. The SMILES string of the molecule is CCc1ccc(NC(=O)c2cscn2)cc1N. The second-order valence-corrected chi connectivity index (χ2v) is 4.31. The maximum atomic E-state index is 11.7. The van der Waals surface area contributed by atoms with Crippen LogP contribution in [0.1, 0.15) is 23.0 Å². The Morgan fingerprint density at radius 3 is 2.94 bits per heavy atom. The number of nitrogens with one attached hydrogen (secondary N) is 1. The lowest BCUT2D eigenvalue weighted by Gasteiger charge is -2.07. The number of carbonyl (C=O) groups excluding carboxylic acids is 1. The molecule has 1 aromatic heterocycles. The van der Waals surface area contributed by atoms with Gasteiger partial charge in [-0.25, -0.2) is 4.98 Å². The Morgan fingerprint density at radius 2 is 2.35 bits per heavy atom. The number of amides is 1. The van der Waals surface area contributed by atoms with Crippen LogP contribution in [0.3, 0.4) is 0 Å². The molecule has 0 atom stereocenters. The van der Waals surface area contributed by atoms with Crippen molar-refractivity contribution in [2.45, 2.75) is 13.3 Å². The van der Waals surface area contributed by atoms with Gasteiger partial charge in [0.15, 0.2) is 0 Å². The number of nitrogens with zero attached hydrogens (tertiary/aromatic N) is 1. The number of anilines is 2. The Balaban J connectivity index is 2.14. The number of thiazole rings is 1. The normalized spacial score (nSPS) is 10.2. The van der Waals surface area contributed by atoms with Gasteiger partial charge in [0.25, 0.3) is 5.91 Å². The fraction of sp³-hybridized carbons (Fsp3) is 0.167. The molecule has 1 heterocycles. The molecular formula is C12H13N3OS. The predicted octanol–water partition coefficient (Wildman–Crippen LogP) is 2.54. The van der Waals surface area contributed by atoms with Gasteiger partial charge in [0.2, 0.25) is 0 Å². The lowest BCUT2D eigenvalue weighted by atomic mass is 10.1. The zero-order valence-electron chi connectivity index (χ0n) is 9.43. The minimum atomic E-state index is -0.213. The van der Waals surface area contributed by atoms with Crippen molar-refractivity contribution in [3.05, 3.63) is 40.3 Å². The smallest absolute Gasteiger partial charge is 0.275 e. The number of hydrogen-bond donors (Lipinski definition) is 2. The first-order chi connectivity index (χ1) is 8.20. The van der Waals surface area contributed by atoms with Gasteiger partial charge in [-0.1, -0.05) is 13.0 Å². The lowest BCUT2D eigenvalue weighted by molar-refractivity contribution is 0.102. The molecule has 0 spiro atoms. The topological polar surface area (TPSA) is 68.0 Å². The Morgan fingerprint density at radius 1 is 1.53 bits per heavy atom. The van der Waals surface area contributed by atoms with Crippen molar-refractivity contribution in [1.82, 2.24) is 4.98 Å². The predicted molar refractivity (Wildman–Crippen MR) is 70.3 cm³/mol. The van der Waals surface area contributed by atoms with Crippen LogP contribution in [0, 0.1) is 0 Å². The maximum Gasteiger partial charge on any atom is 0.275 e. The van der Waals surface area contributed by atoms with E-state index in [1.165, 1.54) is 11.3 Å². The van der Waals surface area contributed by atoms with Gasteiger partial charge in [0.05, 0.1) is 5.51 Å². The van der Waals surface area contributed by atoms with E-state index in [-0.39, 0.29) is 5.91 Å². The van der Waals surface area contributed by atoms with E-state index in [4.69, 9.17) is 5.73 Å². The fourth-order valence-electron chi connectivity index (χ4n) is 1.51. The average molecular weight is 247 g/mol. The monoisotopic (exact) mass is 247 g/mol. The highest BCUT2D eigenvalue weighted by molar-refractivity contribution is 7.07. The highest BCUT2D eigenvalue weighted by atomic mass is 32.1. The first-order valence-electron chi connectivity index (χ1n) is 5.28. The molecule has 1 aromatic carbocycles. The molecule has 4 nitrogen and oxygen atoms in total. The summed E-state index contributed by atoms with van der Waals surface area (Å²) in [5.41, 5.74) is 10.4. The van der Waals surface area contributed by atoms with Gasteiger partial charge >= 0.3 is 0 Å². The number of aryl methyl sites for hydroxylation is 1. The second kappa shape index (κ2) is 4.97. The van der Waals surface area contributed by atoms with E-state index >= 15 is 0 Å². The molecular weight excluding hydrogens is 234 g/mol. The van der Waals surface area contributed by atoms with E-state index < -0.39 is 0 Å². The number of nitrogen functional groups attached to an aromatic ring is 1. The molecule has 17 heavy (non-hydrogen) atoms. The maximum absolute atomic E-state index is 11.7. The van der Waals surface area contributed by atoms with E-state index in [0.717, 1.165) is 12.0 Å². The van der Waals surface area contributed by atoms with Crippen LogP contribution >= 0.6 is 11.3 Å². The van der Waals surface area contributed by atoms with Crippen LogP contribution in [-0.2, 0) is 6.42 Å². The number of hydrogen-bond acceptors (Lipinski definition) is 4. The molecule has 0 aliphatic rings. The fourth-order valence-corrected chi connectivity index (χ4v) is 2.05. The van der Waals surface area contributed by atoms with E-state index in [1.54, 1.807) is 17.0 Å². The summed E-state index contributed by atoms with van der Waals surface area (Å²) in [6.45, 7) is 2.04. The van der Waals surface area contributed by atoms with Crippen LogP contribution in [0.4, 0.5) is 11.4 Å². The Labute approximate surface area is 103 Å². The van der Waals surface area contributed by atoms with Crippen molar-refractivity contribution in [3.63, 3.8) is 0 Å². The second-order valence-electron chi connectivity index (χ2n) is 3.59. The van der Waals surface area contributed by atoms with Crippen LogP contribution < -0.4 is 11.1 Å². The van der Waals surface area contributed by atoms with Gasteiger partial charge in [0, 0.05) is 16.8 Å². The first kappa shape index (κ1) is 11.6. The molecule has 0 unspecified atom stereocenters. The molecule has 0 saturated carbocycles. The van der Waals surface area contributed by atoms with Crippen molar-refractivity contribution in [2.75, 3.05) is 11.1 Å². The van der Waals surface area contributed by atoms with Crippen LogP contribution in [0.5, 0.6) is 0 Å². The largest absolute Gasteiger partial charge is 0.398 e. The van der Waals surface area contributed by atoms with E-state index in [9.17, 15) is 4.79 Å². The van der Waals surface area contributed by atoms with Gasteiger partial charge in [-0.2, -0.15) is 0 Å². The quantitative estimate of drug-likeness (QED) is 0.819. The Kier molecular flexibility index (Phi) is 3.39. The number of nitrogens with two attached hydrogens (primary N) is 1. The summed E-state index contributed by atoms with van der Waals surface area (Å²) in [6, 6.07) is 5.54. The van der Waals surface area contributed by atoms with E-state index in [0.29, 0.717) is 17.1 Å². The van der Waals surface area contributed by atoms with Gasteiger partial charge in [-0.15, -0.1) is 11.3 Å². The van der Waals surface area contributed by atoms with E-state index in [2.05, 4.69) is 10.3 Å². The Bertz CT molecular complexity index is 523. The molecule has 5 heteroatoms. The summed E-state index contributed by atoms with van der Waals surface area (Å²) >= 11 is 1.39. The van der Waals surface area contributed by atoms with Crippen LogP contribution in [-0.4, -0.2) is 10.9 Å². The third kappa shape index (κ3) is 2.62. The van der Waals surface area contributed by atoms with Gasteiger partial charge in [-0.05, 0) is 24.1 Å². The Hall–Kier alpha value is -1.88. The summed E-state index contributed by atoms with van der Waals surface area (Å²) in [4.78, 5) is 15.7. The summed E-state index contributed by atoms with van der Waals surface area (Å²) < 4.78 is 0. The van der Waals surface area contributed by atoms with Crippen molar-refractivity contribution in [2.24, 2.45) is 0 Å². The summed E-state index contributed by atoms with van der Waals surface area (Å²) in [5.74, 6) is -0.213. The summed E-state index contributed by atoms with van der Waals surface area (Å²) in [6.07, 6.45) is 0.881. The van der Waals surface area contributed by atoms with Crippen molar-refractivity contribution >= 4 is 28.6 Å².